The second-order valence-corrected chi connectivity index (χ2v) is 28.1. The van der Waals surface area contributed by atoms with Gasteiger partial charge in [0.2, 0.25) is 0 Å². The molecule has 9 rings (SSSR count). The Hall–Kier alpha value is -7.88. The molecule has 20 heteroatoms. The van der Waals surface area contributed by atoms with Gasteiger partial charge in [-0.05, 0) is 0 Å². The average Bonchev–Trinajstić information content (AvgIpc) is 2.52. The molecule has 0 unspecified atom stereocenters. The predicted molar refractivity (Wildman–Crippen MR) is 297 cm³/mol. The number of ketones is 2. The second-order valence-electron chi connectivity index (χ2n) is 19.1. The van der Waals surface area contributed by atoms with Crippen molar-refractivity contribution in [2.24, 2.45) is 0 Å². The number of carbonyl (C=O) groups excluding carboxylic acids is 2. The van der Waals surface area contributed by atoms with Gasteiger partial charge in [0.15, 0.2) is 0 Å². The van der Waals surface area contributed by atoms with Gasteiger partial charge < -0.3 is 0 Å². The molecule has 0 aliphatic carbocycles. The van der Waals surface area contributed by atoms with Gasteiger partial charge in [0.1, 0.15) is 0 Å². The van der Waals surface area contributed by atoms with E-state index in [1.165, 1.54) is 0 Å². The Balaban J connectivity index is 1.45. The quantitative estimate of drug-likeness (QED) is 0.0371. The van der Waals surface area contributed by atoms with E-state index in [0.717, 1.165) is 24.3 Å². The van der Waals surface area contributed by atoms with Crippen LogP contribution in [0.15, 0.2) is 249 Å². The number of hydrogen-bond acceptors (Lipinski definition) is 5. The maximum atomic E-state index is 15.6. The number of hydrogen-bond donors (Lipinski definition) is 0. The van der Waals surface area contributed by atoms with Crippen LogP contribution in [-0.2, 0) is 33.6 Å². The normalized spacial score (nSPS) is 13.5. The summed E-state index contributed by atoms with van der Waals surface area (Å²) in [5.74, 6) is -2.85. The summed E-state index contributed by atoms with van der Waals surface area (Å²) in [6.07, 6.45) is -22.2. The Morgan fingerprint density at radius 2 is 0.549 bits per heavy atom. The molecule has 0 spiro atoms. The van der Waals surface area contributed by atoms with E-state index in [9.17, 15) is 52.7 Å². The summed E-state index contributed by atoms with van der Waals surface area (Å²) in [5.41, 5.74) is -6.34. The van der Waals surface area contributed by atoms with Crippen molar-refractivity contribution in [1.82, 2.24) is 0 Å². The SMILES string of the molecule is O=C(CP(OB(Oc1cc(C(F)(F)F)cc(C(F)(F)F)c1)OP(CC(=O)c1ccc(C(F)(F)F)cc1)(c1ccccc1)(c1ccccc1)c1ccccc1)(c1ccccc1)(c1ccccc1)c1ccccc1)c1ccc(C(F)(F)F)cc1. The first-order chi connectivity index (χ1) is 38.9. The molecule has 9 aromatic rings. The summed E-state index contributed by atoms with van der Waals surface area (Å²) in [4.78, 5) is 31.3. The van der Waals surface area contributed by atoms with Crippen LogP contribution in [0.3, 0.4) is 0 Å². The van der Waals surface area contributed by atoms with Crippen LogP contribution in [0.5, 0.6) is 5.75 Å². The minimum absolute atomic E-state index is 0.120. The number of benzene rings is 9. The van der Waals surface area contributed by atoms with E-state index >= 15 is 9.59 Å². The van der Waals surface area contributed by atoms with Gasteiger partial charge in [0, 0.05) is 0 Å². The van der Waals surface area contributed by atoms with Gasteiger partial charge in [-0.25, -0.2) is 0 Å². The molecule has 0 N–H and O–H groups in total. The van der Waals surface area contributed by atoms with Crippen LogP contribution in [0.1, 0.15) is 43.0 Å². The predicted octanol–water partition coefficient (Wildman–Crippen LogP) is 14.8. The Bertz CT molecular complexity index is 3230. The zero-order chi connectivity index (χ0) is 58.7. The fourth-order valence-corrected chi connectivity index (χ4v) is 21.4. The molecule has 0 atom stereocenters. The molecule has 0 bridgehead atoms. The van der Waals surface area contributed by atoms with Gasteiger partial charge in [-0.2, -0.15) is 0 Å². The third-order valence-electron chi connectivity index (χ3n) is 14.2. The Morgan fingerprint density at radius 1 is 0.317 bits per heavy atom. The topological polar surface area (TPSA) is 61.8 Å². The van der Waals surface area contributed by atoms with E-state index in [0.29, 0.717) is 36.4 Å². The number of Topliss-reactive ketones (excluding diaryl/α,β-unsaturated/α-hetero) is 2. The minimum atomic E-state index is -5.65. The summed E-state index contributed by atoms with van der Waals surface area (Å²) in [6, 6.07) is 54.6. The third kappa shape index (κ3) is 11.2. The molecule has 0 aliphatic heterocycles. The third-order valence-corrected chi connectivity index (χ3v) is 25.6. The van der Waals surface area contributed by atoms with Gasteiger partial charge in [0.25, 0.3) is 0 Å². The van der Waals surface area contributed by atoms with Crippen molar-refractivity contribution in [3.63, 3.8) is 0 Å². The van der Waals surface area contributed by atoms with Crippen molar-refractivity contribution >= 4 is 64.4 Å². The van der Waals surface area contributed by atoms with Gasteiger partial charge in [-0.3, -0.25) is 0 Å². The number of carbonyl (C=O) groups is 2. The molecule has 5 nitrogen and oxygen atoms in total. The second kappa shape index (κ2) is 22.5. The molecule has 420 valence electrons. The number of rotatable bonds is 18. The van der Waals surface area contributed by atoms with Crippen molar-refractivity contribution in [3.8, 4) is 5.75 Å². The van der Waals surface area contributed by atoms with E-state index in [-0.39, 0.29) is 49.0 Å². The molecule has 0 saturated carbocycles. The van der Waals surface area contributed by atoms with Crippen molar-refractivity contribution < 1.29 is 75.8 Å². The molecule has 0 aromatic heterocycles. The van der Waals surface area contributed by atoms with Crippen LogP contribution in [0, 0.1) is 0 Å². The summed E-state index contributed by atoms with van der Waals surface area (Å²) < 4.78 is 197. The van der Waals surface area contributed by atoms with E-state index in [1.54, 1.807) is 182 Å². The summed E-state index contributed by atoms with van der Waals surface area (Å²) in [7, 11) is -2.68. The maximum absolute atomic E-state index is 15.6. The Morgan fingerprint density at radius 3 is 0.768 bits per heavy atom. The molecular weight excluding hydrogens is 1130 g/mol. The fraction of sp³-hybridized carbons (Fsp3) is 0.0968. The number of halogens is 12. The summed E-state index contributed by atoms with van der Waals surface area (Å²) >= 11 is 0. The Kier molecular flexibility index (Phi) is 16.1. The standard InChI is InChI=1S/C62H45BF12O5P2/c64-59(65,66)46-35-31-44(32-36-46)57(76)42-81(51-19-7-1-8-20-51,52-21-9-2-10-22-52,53-23-11-3-12-24-53)79-63(78-50-40-48(61(70,71)72)39-49(41-50)62(73,74)75)80-82(54-25-13-4-14-26-54,55-27-15-5-16-28-55,56-29-17-6-18-30-56)43-58(77)45-33-37-47(38-34-45)60(67,68)69/h1-41H,42-43H2. The molecule has 82 heavy (non-hydrogen) atoms. The molecule has 0 saturated heterocycles. The van der Waals surface area contributed by atoms with Crippen molar-refractivity contribution in [2.45, 2.75) is 24.7 Å². The first-order valence-corrected chi connectivity index (χ1v) is 29.7. The zero-order valence-electron chi connectivity index (χ0n) is 42.6. The monoisotopic (exact) mass is 1170 g/mol. The van der Waals surface area contributed by atoms with Crippen LogP contribution in [0.2, 0.25) is 0 Å². The van der Waals surface area contributed by atoms with Crippen LogP contribution in [0.25, 0.3) is 0 Å². The molecule has 0 fully saturated rings. The van der Waals surface area contributed by atoms with Crippen LogP contribution < -0.4 is 36.5 Å². The molecule has 0 radical (unpaired) electrons. The molecule has 0 amide bonds. The zero-order valence-corrected chi connectivity index (χ0v) is 44.4. The van der Waals surface area contributed by atoms with E-state index in [1.807, 2.05) is 0 Å². The van der Waals surface area contributed by atoms with Crippen molar-refractivity contribution in [1.29, 1.82) is 0 Å². The van der Waals surface area contributed by atoms with Gasteiger partial charge in [-0.1, -0.05) is 0 Å². The van der Waals surface area contributed by atoms with Crippen molar-refractivity contribution in [3.05, 3.63) is 282 Å². The van der Waals surface area contributed by atoms with Crippen molar-refractivity contribution in [2.75, 3.05) is 12.3 Å². The van der Waals surface area contributed by atoms with Crippen LogP contribution in [0.4, 0.5) is 52.7 Å². The average molecular weight is 1170 g/mol. The summed E-state index contributed by atoms with van der Waals surface area (Å²) in [5, 5.41) is 1.02. The molecule has 0 aliphatic rings. The first kappa shape index (κ1) is 58.8. The molecule has 0 heterocycles. The van der Waals surface area contributed by atoms with E-state index in [2.05, 4.69) is 0 Å². The molecule has 9 aromatic carbocycles. The van der Waals surface area contributed by atoms with E-state index < -0.39 is 97.6 Å². The Labute approximate surface area is 463 Å². The van der Waals surface area contributed by atoms with Gasteiger partial charge in [0.05, 0.1) is 0 Å². The van der Waals surface area contributed by atoms with E-state index in [4.69, 9.17) is 13.5 Å². The molecular formula is C62H45BF12O5P2. The van der Waals surface area contributed by atoms with Crippen LogP contribution in [-0.4, -0.2) is 31.2 Å². The van der Waals surface area contributed by atoms with Gasteiger partial charge >= 0.3 is 465 Å². The fourth-order valence-electron chi connectivity index (χ4n) is 10.3. The first-order valence-electron chi connectivity index (χ1n) is 25.0. The summed E-state index contributed by atoms with van der Waals surface area (Å²) in [6.45, 7) is -11.3. The number of alkyl halides is 12. The van der Waals surface area contributed by atoms with Crippen LogP contribution >= 0.6 is 13.7 Å². The van der Waals surface area contributed by atoms with Gasteiger partial charge in [-0.15, -0.1) is 0 Å².